The number of carbonyl (C=O) groups is 1. The van der Waals surface area contributed by atoms with Crippen molar-refractivity contribution in [3.05, 3.63) is 40.9 Å². The van der Waals surface area contributed by atoms with Gasteiger partial charge in [-0.25, -0.2) is 9.67 Å². The molecule has 0 bridgehead atoms. The van der Waals surface area contributed by atoms with Crippen LogP contribution in [0.4, 0.5) is 0 Å². The minimum absolute atomic E-state index is 0.0859. The van der Waals surface area contributed by atoms with Gasteiger partial charge in [0.15, 0.2) is 0 Å². The number of hydrogen-bond donors (Lipinski definition) is 2. The fourth-order valence-electron chi connectivity index (χ4n) is 1.76. The third-order valence-electron chi connectivity index (χ3n) is 2.92. The average Bonchev–Trinajstić information content (AvgIpc) is 2.98. The standard InChI is InChI=1S/C13H15BrN4O2/c1-2-10(6-19)17-13(20)11-4-3-9(14)5-12(11)18-8-15-7-16-18/h3-5,7-8,10,19H,2,6H2,1H3,(H,17,20). The van der Waals surface area contributed by atoms with E-state index >= 15 is 0 Å². The second-order valence-corrected chi connectivity index (χ2v) is 5.18. The number of benzene rings is 1. The number of aliphatic hydroxyl groups excluding tert-OH is 1. The minimum atomic E-state index is -0.255. The zero-order chi connectivity index (χ0) is 14.5. The fraction of sp³-hybridized carbons (Fsp3) is 0.308. The molecule has 20 heavy (non-hydrogen) atoms. The van der Waals surface area contributed by atoms with Crippen molar-refractivity contribution in [2.45, 2.75) is 19.4 Å². The van der Waals surface area contributed by atoms with Crippen molar-refractivity contribution in [1.29, 1.82) is 0 Å². The quantitative estimate of drug-likeness (QED) is 0.866. The molecule has 0 saturated heterocycles. The summed E-state index contributed by atoms with van der Waals surface area (Å²) in [6.45, 7) is 1.82. The zero-order valence-electron chi connectivity index (χ0n) is 11.0. The van der Waals surface area contributed by atoms with Crippen LogP contribution in [0.5, 0.6) is 0 Å². The molecule has 2 aromatic rings. The van der Waals surface area contributed by atoms with Crippen molar-refractivity contribution >= 4 is 21.8 Å². The molecule has 0 saturated carbocycles. The highest BCUT2D eigenvalue weighted by Gasteiger charge is 2.16. The van der Waals surface area contributed by atoms with E-state index < -0.39 is 0 Å². The van der Waals surface area contributed by atoms with Crippen LogP contribution in [0.2, 0.25) is 0 Å². The molecule has 0 spiro atoms. The number of hydrogen-bond acceptors (Lipinski definition) is 4. The van der Waals surface area contributed by atoms with E-state index in [4.69, 9.17) is 5.11 Å². The Morgan fingerprint density at radius 1 is 1.55 bits per heavy atom. The Kier molecular flexibility index (Phi) is 4.86. The molecule has 0 aliphatic heterocycles. The van der Waals surface area contributed by atoms with E-state index in [9.17, 15) is 4.79 Å². The molecule has 6 nitrogen and oxygen atoms in total. The van der Waals surface area contributed by atoms with Crippen LogP contribution in [-0.2, 0) is 0 Å². The van der Waals surface area contributed by atoms with Gasteiger partial charge in [-0.2, -0.15) is 5.10 Å². The van der Waals surface area contributed by atoms with E-state index in [0.29, 0.717) is 17.7 Å². The maximum Gasteiger partial charge on any atom is 0.253 e. The Hall–Kier alpha value is -1.73. The highest BCUT2D eigenvalue weighted by atomic mass is 79.9. The van der Waals surface area contributed by atoms with Crippen LogP contribution in [0.1, 0.15) is 23.7 Å². The summed E-state index contributed by atoms with van der Waals surface area (Å²) in [6, 6.07) is 5.04. The van der Waals surface area contributed by atoms with Gasteiger partial charge in [0, 0.05) is 4.47 Å². The Bertz CT molecular complexity index is 582. The first-order valence-corrected chi connectivity index (χ1v) is 7.01. The van der Waals surface area contributed by atoms with Gasteiger partial charge in [0.2, 0.25) is 0 Å². The van der Waals surface area contributed by atoms with Gasteiger partial charge in [-0.3, -0.25) is 4.79 Å². The van der Waals surface area contributed by atoms with Crippen molar-refractivity contribution in [3.63, 3.8) is 0 Å². The van der Waals surface area contributed by atoms with Gasteiger partial charge in [-0.05, 0) is 24.6 Å². The summed E-state index contributed by atoms with van der Waals surface area (Å²) in [6.07, 6.45) is 3.60. The molecule has 1 amide bonds. The molecule has 0 aliphatic carbocycles. The Morgan fingerprint density at radius 2 is 2.35 bits per heavy atom. The zero-order valence-corrected chi connectivity index (χ0v) is 12.5. The van der Waals surface area contributed by atoms with Gasteiger partial charge in [0.05, 0.1) is 23.9 Å². The van der Waals surface area contributed by atoms with Gasteiger partial charge in [-0.15, -0.1) is 0 Å². The van der Waals surface area contributed by atoms with Crippen LogP contribution in [0.3, 0.4) is 0 Å². The highest BCUT2D eigenvalue weighted by molar-refractivity contribution is 9.10. The van der Waals surface area contributed by atoms with Crippen molar-refractivity contribution in [1.82, 2.24) is 20.1 Å². The predicted molar refractivity (Wildman–Crippen MR) is 77.7 cm³/mol. The lowest BCUT2D eigenvalue weighted by molar-refractivity contribution is 0.0915. The first kappa shape index (κ1) is 14.7. The minimum Gasteiger partial charge on any atom is -0.394 e. The van der Waals surface area contributed by atoms with Crippen LogP contribution in [-0.4, -0.2) is 38.4 Å². The predicted octanol–water partition coefficient (Wildman–Crippen LogP) is 1.53. The largest absolute Gasteiger partial charge is 0.394 e. The topological polar surface area (TPSA) is 80.0 Å². The summed E-state index contributed by atoms with van der Waals surface area (Å²) in [7, 11) is 0. The van der Waals surface area contributed by atoms with E-state index in [0.717, 1.165) is 4.47 Å². The van der Waals surface area contributed by atoms with E-state index in [1.165, 1.54) is 17.3 Å². The molecule has 1 atom stereocenters. The van der Waals surface area contributed by atoms with E-state index in [-0.39, 0.29) is 18.6 Å². The van der Waals surface area contributed by atoms with Gasteiger partial charge >= 0.3 is 0 Å². The monoisotopic (exact) mass is 338 g/mol. The molecular weight excluding hydrogens is 324 g/mol. The van der Waals surface area contributed by atoms with Gasteiger partial charge < -0.3 is 10.4 Å². The average molecular weight is 339 g/mol. The Labute approximate surface area is 125 Å². The second kappa shape index (κ2) is 6.62. The molecule has 1 unspecified atom stereocenters. The Morgan fingerprint density at radius 3 is 2.95 bits per heavy atom. The smallest absolute Gasteiger partial charge is 0.253 e. The number of aliphatic hydroxyl groups is 1. The summed E-state index contributed by atoms with van der Waals surface area (Å²) < 4.78 is 2.37. The van der Waals surface area contributed by atoms with E-state index in [2.05, 4.69) is 31.3 Å². The lowest BCUT2D eigenvalue weighted by Crippen LogP contribution is -2.37. The van der Waals surface area contributed by atoms with Crippen LogP contribution in [0.25, 0.3) is 5.69 Å². The first-order chi connectivity index (χ1) is 9.65. The van der Waals surface area contributed by atoms with E-state index in [1.54, 1.807) is 18.2 Å². The van der Waals surface area contributed by atoms with Crippen molar-refractivity contribution in [3.8, 4) is 5.69 Å². The number of carbonyl (C=O) groups excluding carboxylic acids is 1. The van der Waals surface area contributed by atoms with Crippen LogP contribution in [0, 0.1) is 0 Å². The highest BCUT2D eigenvalue weighted by Crippen LogP contribution is 2.20. The second-order valence-electron chi connectivity index (χ2n) is 4.26. The van der Waals surface area contributed by atoms with Gasteiger partial charge in [-0.1, -0.05) is 22.9 Å². The number of amides is 1. The summed E-state index contributed by atoms with van der Waals surface area (Å²) in [5.41, 5.74) is 1.10. The molecule has 0 fully saturated rings. The summed E-state index contributed by atoms with van der Waals surface area (Å²) in [5.74, 6) is -0.246. The maximum atomic E-state index is 12.3. The lowest BCUT2D eigenvalue weighted by atomic mass is 10.1. The molecule has 7 heteroatoms. The van der Waals surface area contributed by atoms with Crippen molar-refractivity contribution in [2.24, 2.45) is 0 Å². The Balaban J connectivity index is 2.34. The fourth-order valence-corrected chi connectivity index (χ4v) is 2.11. The van der Waals surface area contributed by atoms with Crippen molar-refractivity contribution in [2.75, 3.05) is 6.61 Å². The van der Waals surface area contributed by atoms with Gasteiger partial charge in [0.25, 0.3) is 5.91 Å². The number of rotatable bonds is 5. The van der Waals surface area contributed by atoms with Crippen LogP contribution >= 0.6 is 15.9 Å². The summed E-state index contributed by atoms with van der Waals surface area (Å²) in [4.78, 5) is 16.2. The third-order valence-corrected chi connectivity index (χ3v) is 3.41. The number of nitrogens with zero attached hydrogens (tertiary/aromatic N) is 3. The molecule has 0 radical (unpaired) electrons. The molecule has 2 rings (SSSR count). The molecule has 2 N–H and O–H groups in total. The molecule has 106 valence electrons. The van der Waals surface area contributed by atoms with E-state index in [1.807, 2.05) is 6.92 Å². The summed E-state index contributed by atoms with van der Waals surface area (Å²) in [5, 5.41) is 16.0. The maximum absolute atomic E-state index is 12.3. The lowest BCUT2D eigenvalue weighted by Gasteiger charge is -2.16. The molecule has 1 heterocycles. The molecule has 0 aliphatic rings. The van der Waals surface area contributed by atoms with Crippen molar-refractivity contribution < 1.29 is 9.90 Å². The SMILES string of the molecule is CCC(CO)NC(=O)c1ccc(Br)cc1-n1cncn1. The molecule has 1 aromatic heterocycles. The van der Waals surface area contributed by atoms with Crippen LogP contribution < -0.4 is 5.32 Å². The molecular formula is C13H15BrN4O2. The third kappa shape index (κ3) is 3.23. The summed E-state index contributed by atoms with van der Waals surface area (Å²) >= 11 is 3.38. The van der Waals surface area contributed by atoms with Gasteiger partial charge in [0.1, 0.15) is 12.7 Å². The number of aromatic nitrogens is 3. The number of halogens is 1. The molecule has 1 aromatic carbocycles. The normalized spacial score (nSPS) is 12.2. The van der Waals surface area contributed by atoms with Crippen LogP contribution in [0.15, 0.2) is 35.3 Å². The number of nitrogens with one attached hydrogen (secondary N) is 1. The first-order valence-electron chi connectivity index (χ1n) is 6.22.